The Labute approximate surface area is 86.0 Å². The summed E-state index contributed by atoms with van der Waals surface area (Å²) in [5, 5.41) is 9.85. The van der Waals surface area contributed by atoms with Gasteiger partial charge in [0.15, 0.2) is 0 Å². The summed E-state index contributed by atoms with van der Waals surface area (Å²) in [6.07, 6.45) is 1.77. The molecule has 0 spiro atoms. The highest BCUT2D eigenvalue weighted by Crippen LogP contribution is 2.23. The second kappa shape index (κ2) is 2.82. The molecule has 1 aromatic carbocycles. The lowest BCUT2D eigenvalue weighted by atomic mass is 10.2. The van der Waals surface area contributed by atoms with Gasteiger partial charge >= 0.3 is 0 Å². The molecule has 0 radical (unpaired) electrons. The summed E-state index contributed by atoms with van der Waals surface area (Å²) in [7, 11) is 0. The molecule has 70 valence electrons. The van der Waals surface area contributed by atoms with Crippen LogP contribution in [0.4, 0.5) is 0 Å². The monoisotopic (exact) mass is 193 g/mol. The minimum atomic E-state index is 0.661. The van der Waals surface area contributed by atoms with Crippen molar-refractivity contribution in [2.75, 3.05) is 0 Å². The van der Waals surface area contributed by atoms with E-state index in [2.05, 4.69) is 16.0 Å². The van der Waals surface area contributed by atoms with Crippen LogP contribution in [0.25, 0.3) is 21.9 Å². The van der Waals surface area contributed by atoms with Crippen molar-refractivity contribution in [3.63, 3.8) is 0 Å². The van der Waals surface area contributed by atoms with Gasteiger partial charge in [0.2, 0.25) is 0 Å². The van der Waals surface area contributed by atoms with Crippen molar-refractivity contribution in [2.24, 2.45) is 0 Å². The van der Waals surface area contributed by atoms with Crippen LogP contribution in [0.1, 0.15) is 5.56 Å². The van der Waals surface area contributed by atoms with Crippen LogP contribution in [0.2, 0.25) is 0 Å². The first kappa shape index (κ1) is 8.01. The predicted octanol–water partition coefficient (Wildman–Crippen LogP) is 2.59. The Morgan fingerprint density at radius 3 is 3.00 bits per heavy atom. The van der Waals surface area contributed by atoms with Gasteiger partial charge in [-0.25, -0.2) is 0 Å². The van der Waals surface area contributed by atoms with E-state index in [-0.39, 0.29) is 0 Å². The number of fused-ring (bicyclic) bond motifs is 3. The van der Waals surface area contributed by atoms with Gasteiger partial charge < -0.3 is 4.98 Å². The number of nitrogens with one attached hydrogen (secondary N) is 1. The predicted molar refractivity (Wildman–Crippen MR) is 58.3 cm³/mol. The summed E-state index contributed by atoms with van der Waals surface area (Å²) in [6, 6.07) is 11.6. The van der Waals surface area contributed by atoms with E-state index in [0.717, 1.165) is 21.9 Å². The molecule has 0 aliphatic carbocycles. The molecule has 0 aliphatic heterocycles. The first-order chi connectivity index (χ1) is 7.38. The van der Waals surface area contributed by atoms with E-state index in [1.807, 2.05) is 30.3 Å². The third-order valence-corrected chi connectivity index (χ3v) is 2.48. The molecule has 0 bridgehead atoms. The van der Waals surface area contributed by atoms with Crippen LogP contribution in [0.3, 0.4) is 0 Å². The number of nitriles is 1. The van der Waals surface area contributed by atoms with Crippen molar-refractivity contribution < 1.29 is 0 Å². The lowest BCUT2D eigenvalue weighted by molar-refractivity contribution is 1.42. The SMILES string of the molecule is N#Cc1ccc2c(c1)[nH]c1cccnc12. The third kappa shape index (κ3) is 1.09. The fraction of sp³-hybridized carbons (Fsp3) is 0. The number of pyridine rings is 1. The number of benzene rings is 1. The minimum Gasteiger partial charge on any atom is -0.353 e. The summed E-state index contributed by atoms with van der Waals surface area (Å²) in [4.78, 5) is 7.55. The van der Waals surface area contributed by atoms with Crippen molar-refractivity contribution in [1.82, 2.24) is 9.97 Å². The molecule has 15 heavy (non-hydrogen) atoms. The summed E-state index contributed by atoms with van der Waals surface area (Å²) in [5.74, 6) is 0. The van der Waals surface area contributed by atoms with Gasteiger partial charge in [-0.2, -0.15) is 5.26 Å². The van der Waals surface area contributed by atoms with Crippen molar-refractivity contribution in [3.05, 3.63) is 42.1 Å². The fourth-order valence-electron chi connectivity index (χ4n) is 1.79. The van der Waals surface area contributed by atoms with Gasteiger partial charge in [-0.1, -0.05) is 0 Å². The second-order valence-corrected chi connectivity index (χ2v) is 3.40. The van der Waals surface area contributed by atoms with E-state index < -0.39 is 0 Å². The molecule has 3 nitrogen and oxygen atoms in total. The standard InChI is InChI=1S/C12H7N3/c13-7-8-3-4-9-11(6-8)15-10-2-1-5-14-12(9)10/h1-6,15H. The number of hydrogen-bond donors (Lipinski definition) is 1. The molecule has 2 heterocycles. The maximum absolute atomic E-state index is 8.79. The summed E-state index contributed by atoms with van der Waals surface area (Å²) >= 11 is 0. The molecular formula is C12H7N3. The molecule has 0 aliphatic rings. The number of H-pyrrole nitrogens is 1. The van der Waals surface area contributed by atoms with Gasteiger partial charge in [0, 0.05) is 17.1 Å². The van der Waals surface area contributed by atoms with E-state index in [9.17, 15) is 0 Å². The highest BCUT2D eigenvalue weighted by molar-refractivity contribution is 6.04. The normalized spacial score (nSPS) is 10.6. The smallest absolute Gasteiger partial charge is 0.0992 e. The van der Waals surface area contributed by atoms with Crippen LogP contribution < -0.4 is 0 Å². The average molecular weight is 193 g/mol. The van der Waals surface area contributed by atoms with Crippen molar-refractivity contribution >= 4 is 21.9 Å². The first-order valence-corrected chi connectivity index (χ1v) is 4.65. The van der Waals surface area contributed by atoms with Crippen molar-refractivity contribution in [3.8, 4) is 6.07 Å². The molecule has 0 fully saturated rings. The highest BCUT2D eigenvalue weighted by Gasteiger charge is 2.04. The fourth-order valence-corrected chi connectivity index (χ4v) is 1.79. The number of aromatic nitrogens is 2. The Kier molecular flexibility index (Phi) is 1.51. The van der Waals surface area contributed by atoms with Gasteiger partial charge in [-0.05, 0) is 30.3 Å². The van der Waals surface area contributed by atoms with E-state index >= 15 is 0 Å². The molecule has 0 atom stereocenters. The van der Waals surface area contributed by atoms with E-state index in [4.69, 9.17) is 5.26 Å². The summed E-state index contributed by atoms with van der Waals surface area (Å²) < 4.78 is 0. The van der Waals surface area contributed by atoms with Gasteiger partial charge in [0.1, 0.15) is 0 Å². The van der Waals surface area contributed by atoms with Crippen LogP contribution in [-0.4, -0.2) is 9.97 Å². The first-order valence-electron chi connectivity index (χ1n) is 4.65. The second-order valence-electron chi connectivity index (χ2n) is 3.40. The van der Waals surface area contributed by atoms with Crippen LogP contribution in [0.15, 0.2) is 36.5 Å². The Bertz CT molecular complexity index is 689. The van der Waals surface area contributed by atoms with Crippen molar-refractivity contribution in [1.29, 1.82) is 5.26 Å². The maximum atomic E-state index is 8.79. The highest BCUT2D eigenvalue weighted by atomic mass is 14.8. The average Bonchev–Trinajstić information content (AvgIpc) is 2.66. The largest absolute Gasteiger partial charge is 0.353 e. The molecule has 3 rings (SSSR count). The minimum absolute atomic E-state index is 0.661. The Morgan fingerprint density at radius 1 is 1.20 bits per heavy atom. The van der Waals surface area contributed by atoms with Crippen LogP contribution in [0, 0.1) is 11.3 Å². The Hall–Kier alpha value is -2.34. The molecule has 0 saturated heterocycles. The molecule has 2 aromatic heterocycles. The number of rotatable bonds is 0. The van der Waals surface area contributed by atoms with Crippen LogP contribution in [-0.2, 0) is 0 Å². The van der Waals surface area contributed by atoms with Crippen LogP contribution >= 0.6 is 0 Å². The van der Waals surface area contributed by atoms with Gasteiger partial charge in [-0.15, -0.1) is 0 Å². The lowest BCUT2D eigenvalue weighted by Gasteiger charge is -1.90. The summed E-state index contributed by atoms with van der Waals surface area (Å²) in [6.45, 7) is 0. The lowest BCUT2D eigenvalue weighted by Crippen LogP contribution is -1.73. The zero-order chi connectivity index (χ0) is 10.3. The molecule has 0 amide bonds. The van der Waals surface area contributed by atoms with E-state index in [1.54, 1.807) is 6.20 Å². The van der Waals surface area contributed by atoms with E-state index in [1.165, 1.54) is 0 Å². The number of aromatic amines is 1. The zero-order valence-electron chi connectivity index (χ0n) is 7.86. The summed E-state index contributed by atoms with van der Waals surface area (Å²) in [5.41, 5.74) is 3.58. The topological polar surface area (TPSA) is 52.5 Å². The molecule has 1 N–H and O–H groups in total. The van der Waals surface area contributed by atoms with Gasteiger partial charge in [-0.3, -0.25) is 4.98 Å². The quantitative estimate of drug-likeness (QED) is 0.596. The molecule has 3 aromatic rings. The number of nitrogens with zero attached hydrogens (tertiary/aromatic N) is 2. The zero-order valence-corrected chi connectivity index (χ0v) is 7.86. The molecule has 0 unspecified atom stereocenters. The van der Waals surface area contributed by atoms with Crippen molar-refractivity contribution in [2.45, 2.75) is 0 Å². The van der Waals surface area contributed by atoms with Crippen LogP contribution in [0.5, 0.6) is 0 Å². The van der Waals surface area contributed by atoms with E-state index in [0.29, 0.717) is 5.56 Å². The van der Waals surface area contributed by atoms with Gasteiger partial charge in [0.25, 0.3) is 0 Å². The molecular weight excluding hydrogens is 186 g/mol. The number of hydrogen-bond acceptors (Lipinski definition) is 2. The Morgan fingerprint density at radius 2 is 2.13 bits per heavy atom. The van der Waals surface area contributed by atoms with Gasteiger partial charge in [0.05, 0.1) is 22.7 Å². The Balaban J connectivity index is 2.50. The third-order valence-electron chi connectivity index (χ3n) is 2.48. The molecule has 3 heteroatoms. The maximum Gasteiger partial charge on any atom is 0.0992 e. The molecule has 0 saturated carbocycles.